The van der Waals surface area contributed by atoms with Crippen LogP contribution in [0.5, 0.6) is 0 Å². The van der Waals surface area contributed by atoms with Crippen LogP contribution < -0.4 is 16.1 Å². The average molecular weight is 224 g/mol. The Morgan fingerprint density at radius 2 is 2.38 bits per heavy atom. The molecule has 1 aliphatic rings. The summed E-state index contributed by atoms with van der Waals surface area (Å²) in [6.07, 6.45) is 0.576. The van der Waals surface area contributed by atoms with E-state index in [2.05, 4.69) is 15.9 Å². The van der Waals surface area contributed by atoms with Crippen LogP contribution >= 0.6 is 0 Å². The predicted octanol–water partition coefficient (Wildman–Crippen LogP) is 1.21. The molecule has 16 heavy (non-hydrogen) atoms. The number of hydrazine groups is 2. The van der Waals surface area contributed by atoms with Crippen LogP contribution in [0.3, 0.4) is 0 Å². The van der Waals surface area contributed by atoms with Gasteiger partial charge in [-0.25, -0.2) is 9.78 Å². The van der Waals surface area contributed by atoms with E-state index < -0.39 is 6.16 Å². The summed E-state index contributed by atoms with van der Waals surface area (Å²) in [5.74, 6) is 0.475. The monoisotopic (exact) mass is 224 g/mol. The van der Waals surface area contributed by atoms with E-state index in [4.69, 9.17) is 9.57 Å². The molecular formula is C9H12N4O3. The third-order valence-corrected chi connectivity index (χ3v) is 1.77. The van der Waals surface area contributed by atoms with Crippen molar-refractivity contribution in [2.75, 3.05) is 10.6 Å². The number of ether oxygens (including phenoxy) is 1. The standard InChI is InChI=1S/C9H12N4O3/c1-6(2)15-9(14)16-13-8-7(11-12-13)4-3-5-10-8/h3-6,11-12H,1-2H3. The van der Waals surface area contributed by atoms with Crippen LogP contribution in [-0.4, -0.2) is 17.2 Å². The highest BCUT2D eigenvalue weighted by molar-refractivity contribution is 5.70. The van der Waals surface area contributed by atoms with E-state index in [0.717, 1.165) is 10.9 Å². The SMILES string of the molecule is CC(C)OC(=O)ON1NNc2cccnc21. The Balaban J connectivity index is 2.00. The maximum Gasteiger partial charge on any atom is 0.535 e. The van der Waals surface area contributed by atoms with Crippen LogP contribution in [0.2, 0.25) is 0 Å². The first-order valence-corrected chi connectivity index (χ1v) is 4.82. The maximum atomic E-state index is 11.2. The van der Waals surface area contributed by atoms with Gasteiger partial charge in [-0.15, -0.1) is 5.53 Å². The van der Waals surface area contributed by atoms with Crippen molar-refractivity contribution in [3.05, 3.63) is 18.3 Å². The molecule has 0 atom stereocenters. The normalized spacial score (nSPS) is 13.3. The van der Waals surface area contributed by atoms with Crippen LogP contribution in [0, 0.1) is 0 Å². The molecule has 2 N–H and O–H groups in total. The predicted molar refractivity (Wildman–Crippen MR) is 56.2 cm³/mol. The summed E-state index contributed by atoms with van der Waals surface area (Å²) in [5.41, 5.74) is 6.14. The summed E-state index contributed by atoms with van der Waals surface area (Å²) < 4.78 is 4.83. The molecular weight excluding hydrogens is 212 g/mol. The molecule has 7 nitrogen and oxygen atoms in total. The fourth-order valence-electron chi connectivity index (χ4n) is 1.17. The minimum absolute atomic E-state index is 0.230. The zero-order chi connectivity index (χ0) is 11.5. The number of carbonyl (C=O) groups is 1. The molecule has 0 unspecified atom stereocenters. The summed E-state index contributed by atoms with van der Waals surface area (Å²) >= 11 is 0. The van der Waals surface area contributed by atoms with Crippen molar-refractivity contribution in [1.82, 2.24) is 10.5 Å². The second kappa shape index (κ2) is 4.23. The van der Waals surface area contributed by atoms with Crippen molar-refractivity contribution < 1.29 is 14.4 Å². The van der Waals surface area contributed by atoms with Gasteiger partial charge in [-0.2, -0.15) is 0 Å². The number of fused-ring (bicyclic) bond motifs is 1. The second-order valence-corrected chi connectivity index (χ2v) is 3.41. The molecule has 0 saturated heterocycles. The molecule has 0 spiro atoms. The molecule has 0 radical (unpaired) electrons. The summed E-state index contributed by atoms with van der Waals surface area (Å²) in [5, 5.41) is 1.11. The Labute approximate surface area is 92.2 Å². The molecule has 1 aromatic rings. The summed E-state index contributed by atoms with van der Waals surface area (Å²) in [6, 6.07) is 3.57. The van der Waals surface area contributed by atoms with E-state index in [1.165, 1.54) is 0 Å². The Morgan fingerprint density at radius 1 is 1.56 bits per heavy atom. The lowest BCUT2D eigenvalue weighted by atomic mass is 10.4. The average Bonchev–Trinajstić information content (AvgIpc) is 2.61. The first-order valence-electron chi connectivity index (χ1n) is 4.82. The maximum absolute atomic E-state index is 11.2. The van der Waals surface area contributed by atoms with Gasteiger partial charge in [0.05, 0.1) is 11.8 Å². The summed E-state index contributed by atoms with van der Waals surface area (Å²) in [6.45, 7) is 3.48. The van der Waals surface area contributed by atoms with Gasteiger partial charge < -0.3 is 4.74 Å². The third kappa shape index (κ3) is 2.14. The molecule has 0 saturated carbocycles. The minimum Gasteiger partial charge on any atom is -0.430 e. The summed E-state index contributed by atoms with van der Waals surface area (Å²) in [4.78, 5) is 20.2. The van der Waals surface area contributed by atoms with Crippen molar-refractivity contribution in [3.8, 4) is 0 Å². The van der Waals surface area contributed by atoms with E-state index in [1.807, 2.05) is 0 Å². The molecule has 86 valence electrons. The molecule has 0 aromatic carbocycles. The molecule has 1 aliphatic heterocycles. The molecule has 0 aliphatic carbocycles. The van der Waals surface area contributed by atoms with E-state index in [9.17, 15) is 4.79 Å². The van der Waals surface area contributed by atoms with Gasteiger partial charge in [0, 0.05) is 6.20 Å². The molecule has 0 fully saturated rings. The van der Waals surface area contributed by atoms with E-state index in [-0.39, 0.29) is 6.10 Å². The number of nitrogens with one attached hydrogen (secondary N) is 2. The van der Waals surface area contributed by atoms with Crippen molar-refractivity contribution >= 4 is 17.7 Å². The van der Waals surface area contributed by atoms with Gasteiger partial charge in [-0.05, 0) is 26.0 Å². The third-order valence-electron chi connectivity index (χ3n) is 1.77. The van der Waals surface area contributed by atoms with E-state index in [0.29, 0.717) is 5.82 Å². The largest absolute Gasteiger partial charge is 0.535 e. The molecule has 2 rings (SSSR count). The highest BCUT2D eigenvalue weighted by atomic mass is 16.8. The Hall–Kier alpha value is -2.02. The van der Waals surface area contributed by atoms with Crippen LogP contribution in [0.25, 0.3) is 0 Å². The first kappa shape index (κ1) is 10.5. The Morgan fingerprint density at radius 3 is 3.12 bits per heavy atom. The highest BCUT2D eigenvalue weighted by Crippen LogP contribution is 2.25. The number of aromatic nitrogens is 1. The first-order chi connectivity index (χ1) is 7.66. The molecule has 1 aromatic heterocycles. The van der Waals surface area contributed by atoms with Crippen LogP contribution in [0.1, 0.15) is 13.8 Å². The van der Waals surface area contributed by atoms with Gasteiger partial charge in [0.15, 0.2) is 0 Å². The van der Waals surface area contributed by atoms with Gasteiger partial charge in [-0.1, -0.05) is 5.17 Å². The van der Waals surface area contributed by atoms with Crippen molar-refractivity contribution in [2.45, 2.75) is 20.0 Å². The fraction of sp³-hybridized carbons (Fsp3) is 0.333. The van der Waals surface area contributed by atoms with Gasteiger partial charge in [0.1, 0.15) is 0 Å². The number of pyridine rings is 1. The number of hydrogen-bond acceptors (Lipinski definition) is 7. The topological polar surface area (TPSA) is 75.7 Å². The molecule has 2 heterocycles. The van der Waals surface area contributed by atoms with Crippen LogP contribution in [-0.2, 0) is 9.57 Å². The Bertz CT molecular complexity index is 396. The van der Waals surface area contributed by atoms with Gasteiger partial charge in [0.25, 0.3) is 0 Å². The van der Waals surface area contributed by atoms with Crippen LogP contribution in [0.4, 0.5) is 16.3 Å². The highest BCUT2D eigenvalue weighted by Gasteiger charge is 2.24. The number of nitrogens with zero attached hydrogens (tertiary/aromatic N) is 2. The minimum atomic E-state index is -0.789. The zero-order valence-electron chi connectivity index (χ0n) is 8.93. The smallest absolute Gasteiger partial charge is 0.430 e. The molecule has 0 amide bonds. The zero-order valence-corrected chi connectivity index (χ0v) is 8.93. The number of rotatable bonds is 2. The van der Waals surface area contributed by atoms with Crippen molar-refractivity contribution in [3.63, 3.8) is 0 Å². The number of carbonyl (C=O) groups excluding carboxylic acids is 1. The second-order valence-electron chi connectivity index (χ2n) is 3.41. The lowest BCUT2D eigenvalue weighted by molar-refractivity contribution is 0.0212. The fourth-order valence-corrected chi connectivity index (χ4v) is 1.17. The molecule has 7 heteroatoms. The molecule has 0 bridgehead atoms. The quantitative estimate of drug-likeness (QED) is 0.731. The Kier molecular flexibility index (Phi) is 2.78. The number of hydrogen-bond donors (Lipinski definition) is 2. The lowest BCUT2D eigenvalue weighted by Gasteiger charge is -2.15. The van der Waals surface area contributed by atoms with Gasteiger partial charge in [0.2, 0.25) is 5.82 Å². The van der Waals surface area contributed by atoms with E-state index >= 15 is 0 Å². The summed E-state index contributed by atoms with van der Waals surface area (Å²) in [7, 11) is 0. The van der Waals surface area contributed by atoms with Gasteiger partial charge >= 0.3 is 6.16 Å². The van der Waals surface area contributed by atoms with Gasteiger partial charge in [-0.3, -0.25) is 10.3 Å². The van der Waals surface area contributed by atoms with Crippen molar-refractivity contribution in [2.24, 2.45) is 0 Å². The lowest BCUT2D eigenvalue weighted by Crippen LogP contribution is -2.38. The number of anilines is 2. The van der Waals surface area contributed by atoms with Crippen LogP contribution in [0.15, 0.2) is 18.3 Å². The van der Waals surface area contributed by atoms with E-state index in [1.54, 1.807) is 32.2 Å². The van der Waals surface area contributed by atoms with Crippen molar-refractivity contribution in [1.29, 1.82) is 0 Å².